The van der Waals surface area contributed by atoms with Gasteiger partial charge in [-0.3, -0.25) is 0 Å². The third-order valence-corrected chi connectivity index (χ3v) is 5.07. The Labute approximate surface area is 128 Å². The summed E-state index contributed by atoms with van der Waals surface area (Å²) in [6, 6.07) is 10.6. The fourth-order valence-corrected chi connectivity index (χ4v) is 3.42. The SMILES string of the molecule is CCC1CCC(C#N)(C(O)c2ccc(C(C)(C)C)cc2)C1. The molecule has 0 heterocycles. The van der Waals surface area contributed by atoms with Crippen LogP contribution in [0.15, 0.2) is 24.3 Å². The lowest BCUT2D eigenvalue weighted by atomic mass is 9.77. The van der Waals surface area contributed by atoms with Crippen LogP contribution in [0.2, 0.25) is 0 Å². The van der Waals surface area contributed by atoms with Gasteiger partial charge < -0.3 is 5.11 Å². The molecule has 2 rings (SSSR count). The lowest BCUT2D eigenvalue weighted by Crippen LogP contribution is -2.25. The van der Waals surface area contributed by atoms with Gasteiger partial charge in [-0.15, -0.1) is 0 Å². The summed E-state index contributed by atoms with van der Waals surface area (Å²) in [4.78, 5) is 0. The molecule has 2 nitrogen and oxygen atoms in total. The van der Waals surface area contributed by atoms with Crippen LogP contribution >= 0.6 is 0 Å². The van der Waals surface area contributed by atoms with E-state index >= 15 is 0 Å². The Hall–Kier alpha value is -1.33. The van der Waals surface area contributed by atoms with Crippen molar-refractivity contribution in [2.45, 2.75) is 64.9 Å². The maximum absolute atomic E-state index is 10.8. The molecule has 0 amide bonds. The second-order valence-electron chi connectivity index (χ2n) is 7.56. The Kier molecular flexibility index (Phi) is 4.44. The first-order valence-electron chi connectivity index (χ1n) is 8.02. The molecule has 21 heavy (non-hydrogen) atoms. The molecule has 1 aromatic rings. The maximum atomic E-state index is 10.8. The average Bonchev–Trinajstić information content (AvgIpc) is 2.90. The number of nitrogens with zero attached hydrogens (tertiary/aromatic N) is 1. The van der Waals surface area contributed by atoms with Crippen molar-refractivity contribution in [1.82, 2.24) is 0 Å². The Morgan fingerprint density at radius 3 is 2.38 bits per heavy atom. The summed E-state index contributed by atoms with van der Waals surface area (Å²) in [5.41, 5.74) is 1.64. The first kappa shape index (κ1) is 16.0. The van der Waals surface area contributed by atoms with E-state index in [9.17, 15) is 10.4 Å². The van der Waals surface area contributed by atoms with Gasteiger partial charge in [-0.05, 0) is 41.7 Å². The summed E-state index contributed by atoms with van der Waals surface area (Å²) in [6.45, 7) is 8.71. The Balaban J connectivity index is 2.23. The Morgan fingerprint density at radius 2 is 1.95 bits per heavy atom. The fraction of sp³-hybridized carbons (Fsp3) is 0.632. The molecule has 0 spiro atoms. The van der Waals surface area contributed by atoms with Gasteiger partial charge in [0.2, 0.25) is 0 Å². The van der Waals surface area contributed by atoms with E-state index in [0.717, 1.165) is 31.2 Å². The van der Waals surface area contributed by atoms with Crippen LogP contribution in [0.25, 0.3) is 0 Å². The summed E-state index contributed by atoms with van der Waals surface area (Å²) in [5, 5.41) is 20.4. The monoisotopic (exact) mass is 285 g/mol. The normalized spacial score (nSPS) is 27.3. The van der Waals surface area contributed by atoms with Gasteiger partial charge in [0.25, 0.3) is 0 Å². The third-order valence-electron chi connectivity index (χ3n) is 5.07. The van der Waals surface area contributed by atoms with E-state index in [0.29, 0.717) is 5.92 Å². The topological polar surface area (TPSA) is 44.0 Å². The predicted molar refractivity (Wildman–Crippen MR) is 85.8 cm³/mol. The Bertz CT molecular complexity index is 520. The first-order chi connectivity index (χ1) is 9.82. The van der Waals surface area contributed by atoms with Crippen molar-refractivity contribution in [3.63, 3.8) is 0 Å². The van der Waals surface area contributed by atoms with Crippen LogP contribution in [-0.2, 0) is 5.41 Å². The number of aliphatic hydroxyl groups excluding tert-OH is 1. The van der Waals surface area contributed by atoms with Crippen LogP contribution in [0, 0.1) is 22.7 Å². The average molecular weight is 285 g/mol. The van der Waals surface area contributed by atoms with Gasteiger partial charge in [0.05, 0.1) is 17.6 Å². The number of nitriles is 1. The molecule has 0 saturated heterocycles. The molecule has 1 aliphatic rings. The molecule has 0 radical (unpaired) electrons. The van der Waals surface area contributed by atoms with Crippen molar-refractivity contribution in [1.29, 1.82) is 5.26 Å². The van der Waals surface area contributed by atoms with Gasteiger partial charge in [-0.2, -0.15) is 5.26 Å². The molecular formula is C19H27NO. The summed E-state index contributed by atoms with van der Waals surface area (Å²) in [7, 11) is 0. The van der Waals surface area contributed by atoms with Crippen molar-refractivity contribution < 1.29 is 5.11 Å². The minimum absolute atomic E-state index is 0.108. The smallest absolute Gasteiger partial charge is 0.0976 e. The second kappa shape index (κ2) is 5.81. The number of benzene rings is 1. The van der Waals surface area contributed by atoms with Crippen LogP contribution in [0.4, 0.5) is 0 Å². The standard InChI is InChI=1S/C19H27NO/c1-5-14-10-11-19(12-14,13-20)17(21)15-6-8-16(9-7-15)18(2,3)4/h6-9,14,17,21H,5,10-12H2,1-4H3. The van der Waals surface area contributed by atoms with Crippen molar-refractivity contribution in [2.24, 2.45) is 11.3 Å². The first-order valence-corrected chi connectivity index (χ1v) is 8.02. The molecule has 114 valence electrons. The van der Waals surface area contributed by atoms with E-state index in [1.165, 1.54) is 5.56 Å². The highest BCUT2D eigenvalue weighted by atomic mass is 16.3. The molecule has 0 aromatic heterocycles. The van der Waals surface area contributed by atoms with Gasteiger partial charge in [0.15, 0.2) is 0 Å². The van der Waals surface area contributed by atoms with Crippen LogP contribution in [0.5, 0.6) is 0 Å². The summed E-state index contributed by atoms with van der Waals surface area (Å²) >= 11 is 0. The van der Waals surface area contributed by atoms with Crippen molar-refractivity contribution in [3.8, 4) is 6.07 Å². The van der Waals surface area contributed by atoms with Crippen LogP contribution in [0.3, 0.4) is 0 Å². The second-order valence-corrected chi connectivity index (χ2v) is 7.56. The predicted octanol–water partition coefficient (Wildman–Crippen LogP) is 4.74. The molecule has 0 bridgehead atoms. The molecule has 1 saturated carbocycles. The van der Waals surface area contributed by atoms with Gasteiger partial charge in [-0.1, -0.05) is 58.4 Å². The van der Waals surface area contributed by atoms with Gasteiger partial charge in [0, 0.05) is 0 Å². The number of rotatable bonds is 3. The molecule has 1 fully saturated rings. The van der Waals surface area contributed by atoms with Gasteiger partial charge in [-0.25, -0.2) is 0 Å². The molecular weight excluding hydrogens is 258 g/mol. The maximum Gasteiger partial charge on any atom is 0.0976 e. The highest BCUT2D eigenvalue weighted by Gasteiger charge is 2.45. The zero-order valence-corrected chi connectivity index (χ0v) is 13.7. The van der Waals surface area contributed by atoms with Crippen LogP contribution < -0.4 is 0 Å². The molecule has 3 atom stereocenters. The zero-order chi connectivity index (χ0) is 15.7. The van der Waals surface area contributed by atoms with E-state index in [4.69, 9.17) is 0 Å². The van der Waals surface area contributed by atoms with E-state index in [-0.39, 0.29) is 5.41 Å². The summed E-state index contributed by atoms with van der Waals surface area (Å²) < 4.78 is 0. The third kappa shape index (κ3) is 3.14. The molecule has 1 aromatic carbocycles. The van der Waals surface area contributed by atoms with Crippen molar-refractivity contribution >= 4 is 0 Å². The Morgan fingerprint density at radius 1 is 1.33 bits per heavy atom. The number of hydrogen-bond donors (Lipinski definition) is 1. The van der Waals surface area contributed by atoms with Gasteiger partial charge in [0.1, 0.15) is 0 Å². The quantitative estimate of drug-likeness (QED) is 0.872. The molecule has 2 heteroatoms. The fourth-order valence-electron chi connectivity index (χ4n) is 3.42. The van der Waals surface area contributed by atoms with Crippen LogP contribution in [-0.4, -0.2) is 5.11 Å². The summed E-state index contributed by atoms with van der Waals surface area (Å²) in [5.74, 6) is 0.577. The largest absolute Gasteiger partial charge is 0.387 e. The van der Waals surface area contributed by atoms with Crippen molar-refractivity contribution in [2.75, 3.05) is 0 Å². The minimum atomic E-state index is -0.673. The van der Waals surface area contributed by atoms with E-state index in [1.54, 1.807) is 0 Å². The van der Waals surface area contributed by atoms with E-state index in [2.05, 4.69) is 45.9 Å². The molecule has 0 aliphatic heterocycles. The van der Waals surface area contributed by atoms with Crippen molar-refractivity contribution in [3.05, 3.63) is 35.4 Å². The van der Waals surface area contributed by atoms with Gasteiger partial charge >= 0.3 is 0 Å². The molecule has 3 unspecified atom stereocenters. The number of hydrogen-bond acceptors (Lipinski definition) is 2. The highest BCUT2D eigenvalue weighted by Crippen LogP contribution is 2.50. The minimum Gasteiger partial charge on any atom is -0.387 e. The summed E-state index contributed by atoms with van der Waals surface area (Å²) in [6.07, 6.45) is 3.11. The van der Waals surface area contributed by atoms with Crippen LogP contribution in [0.1, 0.15) is 70.6 Å². The lowest BCUT2D eigenvalue weighted by molar-refractivity contribution is 0.0640. The molecule has 1 N–H and O–H groups in total. The van der Waals surface area contributed by atoms with E-state index in [1.807, 2.05) is 12.1 Å². The molecule has 1 aliphatic carbocycles. The van der Waals surface area contributed by atoms with E-state index < -0.39 is 11.5 Å². The number of aliphatic hydroxyl groups is 1. The lowest BCUT2D eigenvalue weighted by Gasteiger charge is -2.28. The highest BCUT2D eigenvalue weighted by molar-refractivity contribution is 5.31. The zero-order valence-electron chi connectivity index (χ0n) is 13.7.